The van der Waals surface area contributed by atoms with Gasteiger partial charge in [-0.3, -0.25) is 14.9 Å². The molecule has 3 N–H and O–H groups in total. The Morgan fingerprint density at radius 3 is 2.87 bits per heavy atom. The summed E-state index contributed by atoms with van der Waals surface area (Å²) in [6.45, 7) is 4.87. The van der Waals surface area contributed by atoms with Crippen molar-refractivity contribution in [2.45, 2.75) is 19.4 Å². The van der Waals surface area contributed by atoms with E-state index in [1.165, 1.54) is 12.5 Å². The molecule has 2 atom stereocenters. The van der Waals surface area contributed by atoms with Crippen molar-refractivity contribution < 1.29 is 14.4 Å². The van der Waals surface area contributed by atoms with Gasteiger partial charge in [0.2, 0.25) is 0 Å². The number of hydrogen-bond acceptors (Lipinski definition) is 4. The summed E-state index contributed by atoms with van der Waals surface area (Å²) in [6, 6.07) is 2.92. The molecule has 6 heteroatoms. The molecule has 2 heterocycles. The molecular formula is C17H22FN3O2. The number of nitrogens with one attached hydrogen (secondary N) is 2. The zero-order chi connectivity index (χ0) is 16.0. The van der Waals surface area contributed by atoms with E-state index in [0.717, 1.165) is 49.5 Å². The van der Waals surface area contributed by atoms with Crippen LogP contribution in [0.5, 0.6) is 0 Å². The van der Waals surface area contributed by atoms with Crippen LogP contribution in [0, 0.1) is 23.6 Å². The number of fused-ring (bicyclic) bond motifs is 3. The van der Waals surface area contributed by atoms with E-state index in [0.29, 0.717) is 18.5 Å². The number of halogens is 1. The van der Waals surface area contributed by atoms with Gasteiger partial charge in [-0.25, -0.2) is 9.87 Å². The van der Waals surface area contributed by atoms with Gasteiger partial charge in [0.25, 0.3) is 5.91 Å². The van der Waals surface area contributed by atoms with Crippen LogP contribution in [0.1, 0.15) is 27.9 Å². The number of carbonyl (C=O) groups is 1. The average Bonchev–Trinajstić information content (AvgIpc) is 2.59. The molecule has 23 heavy (non-hydrogen) atoms. The monoisotopic (exact) mass is 319 g/mol. The highest BCUT2D eigenvalue weighted by Crippen LogP contribution is 2.43. The molecular weight excluding hydrogens is 297 g/mol. The standard InChI is InChI=1S/C17H22FN3O2/c18-16-5-10(17(22)20-23)3-13-8-21(2-1-14(13)16)9-15-11-4-12(15)7-19-6-11/h3,5,11-12,15,19,23H,1-2,4,6-9H2,(H,20,22). The van der Waals surface area contributed by atoms with E-state index >= 15 is 0 Å². The minimum absolute atomic E-state index is 0.176. The zero-order valence-corrected chi connectivity index (χ0v) is 13.0. The number of hydrogen-bond donors (Lipinski definition) is 3. The highest BCUT2D eigenvalue weighted by atomic mass is 19.1. The van der Waals surface area contributed by atoms with Crippen molar-refractivity contribution in [3.05, 3.63) is 34.6 Å². The number of nitrogens with zero attached hydrogens (tertiary/aromatic N) is 1. The summed E-state index contributed by atoms with van der Waals surface area (Å²) >= 11 is 0. The second kappa shape index (κ2) is 5.85. The van der Waals surface area contributed by atoms with Crippen molar-refractivity contribution >= 4 is 5.91 Å². The number of rotatable bonds is 3. The molecule has 2 fully saturated rings. The van der Waals surface area contributed by atoms with Crippen molar-refractivity contribution in [3.63, 3.8) is 0 Å². The zero-order valence-electron chi connectivity index (χ0n) is 13.0. The molecule has 1 aliphatic carbocycles. The van der Waals surface area contributed by atoms with E-state index in [1.54, 1.807) is 11.5 Å². The van der Waals surface area contributed by atoms with Crippen LogP contribution in [0.15, 0.2) is 12.1 Å². The highest BCUT2D eigenvalue weighted by molar-refractivity contribution is 5.93. The molecule has 2 bridgehead atoms. The average molecular weight is 319 g/mol. The summed E-state index contributed by atoms with van der Waals surface area (Å²) in [4.78, 5) is 13.9. The molecule has 1 aromatic rings. The fraction of sp³-hybridized carbons (Fsp3) is 0.588. The molecule has 5 nitrogen and oxygen atoms in total. The van der Waals surface area contributed by atoms with E-state index in [9.17, 15) is 9.18 Å². The molecule has 2 aliphatic heterocycles. The van der Waals surface area contributed by atoms with E-state index in [4.69, 9.17) is 5.21 Å². The lowest BCUT2D eigenvalue weighted by Crippen LogP contribution is -2.56. The third kappa shape index (κ3) is 2.65. The molecule has 0 radical (unpaired) electrons. The van der Waals surface area contributed by atoms with Crippen molar-refractivity contribution in [2.75, 3.05) is 26.2 Å². The Balaban J connectivity index is 1.49. The predicted octanol–water partition coefficient (Wildman–Crippen LogP) is 1.16. The SMILES string of the molecule is O=C(NO)c1cc(F)c2c(c1)CN(CC1C3CNCC1C3)CC2. The van der Waals surface area contributed by atoms with E-state index in [2.05, 4.69) is 10.2 Å². The molecule has 3 aliphatic rings. The third-order valence-corrected chi connectivity index (χ3v) is 5.82. The first kappa shape index (κ1) is 15.1. The van der Waals surface area contributed by atoms with Crippen LogP contribution >= 0.6 is 0 Å². The number of benzene rings is 1. The molecule has 1 amide bonds. The predicted molar refractivity (Wildman–Crippen MR) is 82.6 cm³/mol. The van der Waals surface area contributed by atoms with Gasteiger partial charge in [0.15, 0.2) is 0 Å². The van der Waals surface area contributed by atoms with Gasteiger partial charge in [0.1, 0.15) is 5.82 Å². The second-order valence-corrected chi connectivity index (χ2v) is 7.10. The fourth-order valence-electron chi connectivity index (χ4n) is 4.50. The first-order chi connectivity index (χ1) is 11.2. The van der Waals surface area contributed by atoms with Gasteiger partial charge in [-0.2, -0.15) is 0 Å². The number of carbonyl (C=O) groups excluding carboxylic acids is 1. The van der Waals surface area contributed by atoms with Crippen LogP contribution in [0.2, 0.25) is 0 Å². The van der Waals surface area contributed by atoms with Gasteiger partial charge < -0.3 is 5.32 Å². The van der Waals surface area contributed by atoms with Crippen LogP contribution in [0.25, 0.3) is 0 Å². The van der Waals surface area contributed by atoms with Crippen LogP contribution < -0.4 is 10.8 Å². The number of hydroxylamine groups is 1. The Hall–Kier alpha value is -1.50. The van der Waals surface area contributed by atoms with E-state index in [-0.39, 0.29) is 11.4 Å². The number of amides is 1. The van der Waals surface area contributed by atoms with E-state index < -0.39 is 5.91 Å². The molecule has 1 saturated heterocycles. The van der Waals surface area contributed by atoms with Gasteiger partial charge in [0, 0.05) is 25.2 Å². The molecule has 0 spiro atoms. The highest BCUT2D eigenvalue weighted by Gasteiger charge is 2.44. The van der Waals surface area contributed by atoms with Crippen molar-refractivity contribution in [1.82, 2.24) is 15.7 Å². The lowest BCUT2D eigenvalue weighted by Gasteiger charge is -2.51. The minimum Gasteiger partial charge on any atom is -0.316 e. The lowest BCUT2D eigenvalue weighted by atomic mass is 9.62. The summed E-state index contributed by atoms with van der Waals surface area (Å²) in [5.74, 6) is 1.33. The maximum absolute atomic E-state index is 14.2. The molecule has 1 aromatic carbocycles. The molecule has 0 aromatic heterocycles. The van der Waals surface area contributed by atoms with Crippen LogP contribution in [-0.4, -0.2) is 42.2 Å². The largest absolute Gasteiger partial charge is 0.316 e. The second-order valence-electron chi connectivity index (χ2n) is 7.10. The van der Waals surface area contributed by atoms with Crippen molar-refractivity contribution in [2.24, 2.45) is 17.8 Å². The van der Waals surface area contributed by atoms with Gasteiger partial charge in [-0.15, -0.1) is 0 Å². The summed E-state index contributed by atoms with van der Waals surface area (Å²) in [5, 5.41) is 12.2. The lowest BCUT2D eigenvalue weighted by molar-refractivity contribution is 0.000719. The smallest absolute Gasteiger partial charge is 0.274 e. The summed E-state index contributed by atoms with van der Waals surface area (Å²) in [7, 11) is 0. The third-order valence-electron chi connectivity index (χ3n) is 5.82. The summed E-state index contributed by atoms with van der Waals surface area (Å²) in [6.07, 6.45) is 2.03. The van der Waals surface area contributed by atoms with Gasteiger partial charge in [-0.1, -0.05) is 0 Å². The Morgan fingerprint density at radius 1 is 1.39 bits per heavy atom. The Bertz CT molecular complexity index is 623. The number of piperidine rings is 2. The van der Waals surface area contributed by atoms with Crippen LogP contribution in [0.4, 0.5) is 4.39 Å². The van der Waals surface area contributed by atoms with Crippen molar-refractivity contribution in [1.29, 1.82) is 0 Å². The Morgan fingerprint density at radius 2 is 2.17 bits per heavy atom. The Kier molecular flexibility index (Phi) is 3.83. The summed E-state index contributed by atoms with van der Waals surface area (Å²) in [5.41, 5.74) is 3.34. The quantitative estimate of drug-likeness (QED) is 0.578. The summed E-state index contributed by atoms with van der Waals surface area (Å²) < 4.78 is 14.2. The molecule has 2 unspecified atom stereocenters. The van der Waals surface area contributed by atoms with Gasteiger partial charge in [0.05, 0.1) is 0 Å². The topological polar surface area (TPSA) is 64.6 Å². The van der Waals surface area contributed by atoms with Gasteiger partial charge >= 0.3 is 0 Å². The fourth-order valence-corrected chi connectivity index (χ4v) is 4.50. The van der Waals surface area contributed by atoms with Gasteiger partial charge in [-0.05, 0) is 66.9 Å². The van der Waals surface area contributed by atoms with Crippen LogP contribution in [0.3, 0.4) is 0 Å². The van der Waals surface area contributed by atoms with Crippen LogP contribution in [-0.2, 0) is 13.0 Å². The molecule has 124 valence electrons. The first-order valence-corrected chi connectivity index (χ1v) is 8.34. The maximum Gasteiger partial charge on any atom is 0.274 e. The van der Waals surface area contributed by atoms with E-state index in [1.807, 2.05) is 0 Å². The first-order valence-electron chi connectivity index (χ1n) is 8.34. The molecule has 1 saturated carbocycles. The normalized spacial score (nSPS) is 29.6. The van der Waals surface area contributed by atoms with Crippen molar-refractivity contribution in [3.8, 4) is 0 Å². The minimum atomic E-state index is -0.663. The Labute approximate surface area is 134 Å². The maximum atomic E-state index is 14.2. The molecule has 4 rings (SSSR count).